The van der Waals surface area contributed by atoms with Crippen LogP contribution < -0.4 is 10.1 Å². The third kappa shape index (κ3) is 3.03. The minimum absolute atomic E-state index is 0.0452. The zero-order valence-electron chi connectivity index (χ0n) is 11.3. The van der Waals surface area contributed by atoms with E-state index >= 15 is 0 Å². The van der Waals surface area contributed by atoms with E-state index in [1.165, 1.54) is 10.4 Å². The molecular formula is C16H19NO2S. The molecule has 3 rings (SSSR count). The Hall–Kier alpha value is -1.36. The average molecular weight is 289 g/mol. The van der Waals surface area contributed by atoms with Crippen LogP contribution in [0.4, 0.5) is 0 Å². The lowest BCUT2D eigenvalue weighted by Crippen LogP contribution is -2.49. The SMILES string of the molecule is OCC1NCCCC1Oc1csc(-c2ccccc2)c1. The Balaban J connectivity index is 1.71. The molecule has 2 N–H and O–H groups in total. The summed E-state index contributed by atoms with van der Waals surface area (Å²) in [6.07, 6.45) is 2.15. The summed E-state index contributed by atoms with van der Waals surface area (Å²) in [5, 5.41) is 14.7. The van der Waals surface area contributed by atoms with E-state index in [-0.39, 0.29) is 18.8 Å². The fraction of sp³-hybridized carbons (Fsp3) is 0.375. The molecule has 0 spiro atoms. The highest BCUT2D eigenvalue weighted by atomic mass is 32.1. The first-order valence-corrected chi connectivity index (χ1v) is 7.89. The molecule has 1 aromatic heterocycles. The molecule has 2 heterocycles. The fourth-order valence-corrected chi connectivity index (χ4v) is 3.38. The molecule has 4 heteroatoms. The van der Waals surface area contributed by atoms with E-state index in [4.69, 9.17) is 4.74 Å². The summed E-state index contributed by atoms with van der Waals surface area (Å²) in [7, 11) is 0. The number of hydrogen-bond donors (Lipinski definition) is 2. The molecule has 0 aliphatic carbocycles. The van der Waals surface area contributed by atoms with Crippen molar-refractivity contribution in [3.8, 4) is 16.2 Å². The first-order valence-electron chi connectivity index (χ1n) is 7.01. The molecule has 0 radical (unpaired) electrons. The fourth-order valence-electron chi connectivity index (χ4n) is 2.56. The molecule has 0 bridgehead atoms. The van der Waals surface area contributed by atoms with E-state index in [2.05, 4.69) is 23.5 Å². The van der Waals surface area contributed by atoms with Crippen molar-refractivity contribution in [1.29, 1.82) is 0 Å². The minimum atomic E-state index is 0.0452. The van der Waals surface area contributed by atoms with E-state index in [1.807, 2.05) is 23.6 Å². The molecule has 1 aliphatic heterocycles. The van der Waals surface area contributed by atoms with Crippen molar-refractivity contribution >= 4 is 11.3 Å². The Morgan fingerprint density at radius 2 is 2.15 bits per heavy atom. The second-order valence-electron chi connectivity index (χ2n) is 5.05. The van der Waals surface area contributed by atoms with Crippen LogP contribution in [0.15, 0.2) is 41.8 Å². The van der Waals surface area contributed by atoms with Crippen molar-refractivity contribution in [2.75, 3.05) is 13.2 Å². The van der Waals surface area contributed by atoms with Gasteiger partial charge in [-0.25, -0.2) is 0 Å². The van der Waals surface area contributed by atoms with Crippen molar-refractivity contribution in [2.24, 2.45) is 0 Å². The second kappa shape index (κ2) is 6.39. The summed E-state index contributed by atoms with van der Waals surface area (Å²) in [6.45, 7) is 1.09. The van der Waals surface area contributed by atoms with Crippen molar-refractivity contribution < 1.29 is 9.84 Å². The number of thiophene rings is 1. The van der Waals surface area contributed by atoms with Crippen LogP contribution in [0.3, 0.4) is 0 Å². The molecule has 0 saturated carbocycles. The van der Waals surface area contributed by atoms with Crippen molar-refractivity contribution in [3.63, 3.8) is 0 Å². The van der Waals surface area contributed by atoms with Gasteiger partial charge >= 0.3 is 0 Å². The predicted molar refractivity (Wildman–Crippen MR) is 82.3 cm³/mol. The van der Waals surface area contributed by atoms with Crippen molar-refractivity contribution in [1.82, 2.24) is 5.32 Å². The van der Waals surface area contributed by atoms with E-state index in [0.717, 1.165) is 25.1 Å². The molecule has 2 atom stereocenters. The Labute approximate surface area is 123 Å². The Morgan fingerprint density at radius 1 is 1.30 bits per heavy atom. The average Bonchev–Trinajstić information content (AvgIpc) is 2.97. The van der Waals surface area contributed by atoms with Gasteiger partial charge in [0.25, 0.3) is 0 Å². The van der Waals surface area contributed by atoms with Gasteiger partial charge in [-0.05, 0) is 31.0 Å². The van der Waals surface area contributed by atoms with Crippen LogP contribution in [0.2, 0.25) is 0 Å². The number of rotatable bonds is 4. The largest absolute Gasteiger partial charge is 0.488 e. The maximum absolute atomic E-state index is 9.38. The monoisotopic (exact) mass is 289 g/mol. The molecular weight excluding hydrogens is 270 g/mol. The van der Waals surface area contributed by atoms with Gasteiger partial charge in [-0.1, -0.05) is 30.3 Å². The van der Waals surface area contributed by atoms with Gasteiger partial charge in [-0.15, -0.1) is 11.3 Å². The third-order valence-corrected chi connectivity index (χ3v) is 4.60. The lowest BCUT2D eigenvalue weighted by atomic mass is 10.0. The summed E-state index contributed by atoms with van der Waals surface area (Å²) in [5.41, 5.74) is 1.22. The second-order valence-corrected chi connectivity index (χ2v) is 5.97. The van der Waals surface area contributed by atoms with E-state index in [1.54, 1.807) is 11.3 Å². The number of piperidine rings is 1. The molecule has 3 nitrogen and oxygen atoms in total. The van der Waals surface area contributed by atoms with Crippen LogP contribution in [0.5, 0.6) is 5.75 Å². The topological polar surface area (TPSA) is 41.5 Å². The molecule has 1 fully saturated rings. The molecule has 106 valence electrons. The molecule has 20 heavy (non-hydrogen) atoms. The van der Waals surface area contributed by atoms with Gasteiger partial charge in [0, 0.05) is 10.3 Å². The van der Waals surface area contributed by atoms with E-state index < -0.39 is 0 Å². The summed E-state index contributed by atoms with van der Waals surface area (Å²) < 4.78 is 6.05. The standard InChI is InChI=1S/C16H19NO2S/c18-10-14-15(7-4-8-17-14)19-13-9-16(20-11-13)12-5-2-1-3-6-12/h1-3,5-6,9,11,14-15,17-18H,4,7-8,10H2. The quantitative estimate of drug-likeness (QED) is 0.909. The highest BCUT2D eigenvalue weighted by Crippen LogP contribution is 2.32. The lowest BCUT2D eigenvalue weighted by Gasteiger charge is -2.31. The smallest absolute Gasteiger partial charge is 0.131 e. The van der Waals surface area contributed by atoms with Gasteiger partial charge in [0.05, 0.1) is 12.6 Å². The molecule has 0 amide bonds. The number of nitrogens with one attached hydrogen (secondary N) is 1. The predicted octanol–water partition coefficient (Wildman–Crippen LogP) is 2.91. The molecule has 2 unspecified atom stereocenters. The molecule has 1 saturated heterocycles. The maximum atomic E-state index is 9.38. The Bertz CT molecular complexity index is 540. The summed E-state index contributed by atoms with van der Waals surface area (Å²) in [4.78, 5) is 1.21. The van der Waals surface area contributed by atoms with Gasteiger partial charge < -0.3 is 15.2 Å². The highest BCUT2D eigenvalue weighted by Gasteiger charge is 2.25. The summed E-state index contributed by atoms with van der Waals surface area (Å²) in [6, 6.07) is 12.5. The van der Waals surface area contributed by atoms with E-state index in [9.17, 15) is 5.11 Å². The minimum Gasteiger partial charge on any atom is -0.488 e. The molecule has 2 aromatic rings. The number of aliphatic hydroxyl groups is 1. The van der Waals surface area contributed by atoms with Crippen LogP contribution in [-0.4, -0.2) is 30.4 Å². The van der Waals surface area contributed by atoms with Gasteiger partial charge in [-0.2, -0.15) is 0 Å². The first kappa shape index (κ1) is 13.6. The summed E-state index contributed by atoms with van der Waals surface area (Å²) >= 11 is 1.69. The van der Waals surface area contributed by atoms with Crippen LogP contribution >= 0.6 is 11.3 Å². The summed E-state index contributed by atoms with van der Waals surface area (Å²) in [5.74, 6) is 0.904. The molecule has 1 aromatic carbocycles. The number of benzene rings is 1. The Morgan fingerprint density at radius 3 is 2.95 bits per heavy atom. The van der Waals surface area contributed by atoms with E-state index in [0.29, 0.717) is 0 Å². The van der Waals surface area contributed by atoms with Crippen LogP contribution in [0.1, 0.15) is 12.8 Å². The van der Waals surface area contributed by atoms with Crippen molar-refractivity contribution in [2.45, 2.75) is 25.0 Å². The zero-order valence-corrected chi connectivity index (χ0v) is 12.1. The van der Waals surface area contributed by atoms with Crippen LogP contribution in [0.25, 0.3) is 10.4 Å². The van der Waals surface area contributed by atoms with Gasteiger partial charge in [0.1, 0.15) is 11.9 Å². The zero-order chi connectivity index (χ0) is 13.8. The Kier molecular flexibility index (Phi) is 4.35. The van der Waals surface area contributed by atoms with Gasteiger partial charge in [0.2, 0.25) is 0 Å². The van der Waals surface area contributed by atoms with Gasteiger partial charge in [0.15, 0.2) is 0 Å². The number of ether oxygens (including phenoxy) is 1. The van der Waals surface area contributed by atoms with Crippen molar-refractivity contribution in [3.05, 3.63) is 41.8 Å². The normalized spacial score (nSPS) is 22.6. The molecule has 1 aliphatic rings. The number of hydrogen-bond acceptors (Lipinski definition) is 4. The van der Waals surface area contributed by atoms with Crippen LogP contribution in [0, 0.1) is 0 Å². The number of aliphatic hydroxyl groups excluding tert-OH is 1. The third-order valence-electron chi connectivity index (χ3n) is 3.64. The maximum Gasteiger partial charge on any atom is 0.131 e. The van der Waals surface area contributed by atoms with Gasteiger partial charge in [-0.3, -0.25) is 0 Å². The van der Waals surface area contributed by atoms with Crippen LogP contribution in [-0.2, 0) is 0 Å². The lowest BCUT2D eigenvalue weighted by molar-refractivity contribution is 0.0837. The first-order chi connectivity index (χ1) is 9.86. The highest BCUT2D eigenvalue weighted by molar-refractivity contribution is 7.13.